The molecule has 0 unspecified atom stereocenters. The minimum Gasteiger partial charge on any atom is -0.336 e. The molecular weight excluding hydrogens is 214 g/mol. The van der Waals surface area contributed by atoms with Crippen LogP contribution in [0.2, 0.25) is 0 Å². The van der Waals surface area contributed by atoms with E-state index >= 15 is 0 Å². The molecule has 15 heavy (non-hydrogen) atoms. The van der Waals surface area contributed by atoms with Gasteiger partial charge in [0.05, 0.1) is 0 Å². The average molecular weight is 234 g/mol. The van der Waals surface area contributed by atoms with Gasteiger partial charge in [-0.25, -0.2) is 4.79 Å². The monoisotopic (exact) mass is 233 g/mol. The van der Waals surface area contributed by atoms with E-state index in [-0.39, 0.29) is 18.4 Å². The van der Waals surface area contributed by atoms with E-state index in [4.69, 9.17) is 0 Å². The number of carbonyl (C=O) groups excluding carboxylic acids is 1. The molecule has 0 spiro atoms. The van der Waals surface area contributed by atoms with Gasteiger partial charge in [-0.1, -0.05) is 0 Å². The van der Waals surface area contributed by atoms with Crippen LogP contribution in [0, 0.1) is 5.92 Å². The van der Waals surface area contributed by atoms with E-state index in [1.807, 2.05) is 4.90 Å². The summed E-state index contributed by atoms with van der Waals surface area (Å²) in [5, 5.41) is 6.19. The Bertz CT molecular complexity index is 207. The Morgan fingerprint density at radius 2 is 2.00 bits per heavy atom. The molecule has 0 aromatic rings. The summed E-state index contributed by atoms with van der Waals surface area (Å²) in [4.78, 5) is 13.2. The molecule has 2 N–H and O–H groups in total. The van der Waals surface area contributed by atoms with Crippen molar-refractivity contribution in [1.82, 2.24) is 15.5 Å². The van der Waals surface area contributed by atoms with Crippen LogP contribution >= 0.6 is 12.4 Å². The number of rotatable bonds is 3. The van der Waals surface area contributed by atoms with Crippen molar-refractivity contribution in [2.24, 2.45) is 5.92 Å². The zero-order valence-corrected chi connectivity index (χ0v) is 9.81. The second-order valence-electron chi connectivity index (χ2n) is 4.20. The third-order valence-electron chi connectivity index (χ3n) is 3.21. The molecule has 0 saturated carbocycles. The molecule has 5 heteroatoms. The molecule has 0 aliphatic carbocycles. The standard InChI is InChI=1S/C10H19N3O.ClH/c14-10-12-6-8-13(10)7-3-9-1-4-11-5-2-9;/h9,11H,1-8H2,(H,12,14);1H. The molecule has 88 valence electrons. The highest BCUT2D eigenvalue weighted by Gasteiger charge is 2.21. The Labute approximate surface area is 97.2 Å². The van der Waals surface area contributed by atoms with E-state index in [0.717, 1.165) is 38.6 Å². The summed E-state index contributed by atoms with van der Waals surface area (Å²) in [6, 6.07) is 0.124. The maximum absolute atomic E-state index is 11.2. The molecule has 2 amide bonds. The van der Waals surface area contributed by atoms with Crippen LogP contribution in [0.4, 0.5) is 4.79 Å². The number of amides is 2. The van der Waals surface area contributed by atoms with Crippen LogP contribution in [0.5, 0.6) is 0 Å². The first-order chi connectivity index (χ1) is 6.86. The van der Waals surface area contributed by atoms with Crippen molar-refractivity contribution in [2.45, 2.75) is 19.3 Å². The SMILES string of the molecule is Cl.O=C1NCCN1CCC1CCNCC1. The molecule has 0 aromatic carbocycles. The lowest BCUT2D eigenvalue weighted by atomic mass is 9.94. The Morgan fingerprint density at radius 1 is 1.27 bits per heavy atom. The number of halogens is 1. The molecule has 2 heterocycles. The van der Waals surface area contributed by atoms with Crippen LogP contribution in [-0.2, 0) is 0 Å². The number of piperidine rings is 1. The van der Waals surface area contributed by atoms with Crippen LogP contribution in [0.3, 0.4) is 0 Å². The van der Waals surface area contributed by atoms with Gasteiger partial charge in [-0.3, -0.25) is 0 Å². The van der Waals surface area contributed by atoms with Gasteiger partial charge < -0.3 is 15.5 Å². The summed E-state index contributed by atoms with van der Waals surface area (Å²) in [7, 11) is 0. The maximum atomic E-state index is 11.2. The number of nitrogens with zero attached hydrogens (tertiary/aromatic N) is 1. The fourth-order valence-corrected chi connectivity index (χ4v) is 2.23. The zero-order chi connectivity index (χ0) is 9.80. The maximum Gasteiger partial charge on any atom is 0.317 e. The van der Waals surface area contributed by atoms with Crippen LogP contribution in [0.25, 0.3) is 0 Å². The van der Waals surface area contributed by atoms with Crippen molar-refractivity contribution >= 4 is 18.4 Å². The van der Waals surface area contributed by atoms with E-state index in [0.29, 0.717) is 0 Å². The van der Waals surface area contributed by atoms with Crippen LogP contribution in [-0.4, -0.2) is 43.7 Å². The molecule has 4 nitrogen and oxygen atoms in total. The first kappa shape index (κ1) is 12.6. The summed E-state index contributed by atoms with van der Waals surface area (Å²) >= 11 is 0. The van der Waals surface area contributed by atoms with Gasteiger partial charge in [0.1, 0.15) is 0 Å². The smallest absolute Gasteiger partial charge is 0.317 e. The number of hydrogen-bond donors (Lipinski definition) is 2. The molecular formula is C10H20ClN3O. The Hall–Kier alpha value is -0.480. The van der Waals surface area contributed by atoms with Crippen molar-refractivity contribution in [3.8, 4) is 0 Å². The van der Waals surface area contributed by atoms with Gasteiger partial charge in [0.2, 0.25) is 0 Å². The van der Waals surface area contributed by atoms with Gasteiger partial charge in [0, 0.05) is 19.6 Å². The topological polar surface area (TPSA) is 44.4 Å². The molecule has 0 atom stereocenters. The lowest BCUT2D eigenvalue weighted by molar-refractivity contribution is 0.211. The van der Waals surface area contributed by atoms with Crippen LogP contribution < -0.4 is 10.6 Å². The van der Waals surface area contributed by atoms with E-state index in [9.17, 15) is 4.79 Å². The minimum absolute atomic E-state index is 0. The second kappa shape index (κ2) is 6.18. The highest BCUT2D eigenvalue weighted by Crippen LogP contribution is 2.16. The quantitative estimate of drug-likeness (QED) is 0.758. The van der Waals surface area contributed by atoms with Crippen molar-refractivity contribution in [1.29, 1.82) is 0 Å². The van der Waals surface area contributed by atoms with Gasteiger partial charge in [-0.05, 0) is 38.3 Å². The highest BCUT2D eigenvalue weighted by molar-refractivity contribution is 5.85. The zero-order valence-electron chi connectivity index (χ0n) is 9.00. The van der Waals surface area contributed by atoms with Gasteiger partial charge in [-0.2, -0.15) is 0 Å². The van der Waals surface area contributed by atoms with Crippen molar-refractivity contribution in [2.75, 3.05) is 32.7 Å². The Kier molecular flexibility index (Phi) is 5.19. The Balaban J connectivity index is 0.00000112. The fourth-order valence-electron chi connectivity index (χ4n) is 2.23. The summed E-state index contributed by atoms with van der Waals surface area (Å²) in [5.74, 6) is 0.824. The van der Waals surface area contributed by atoms with Crippen molar-refractivity contribution < 1.29 is 4.79 Å². The predicted molar refractivity (Wildman–Crippen MR) is 62.4 cm³/mol. The molecule has 2 aliphatic rings. The largest absolute Gasteiger partial charge is 0.336 e. The van der Waals surface area contributed by atoms with Crippen molar-refractivity contribution in [3.63, 3.8) is 0 Å². The first-order valence-corrected chi connectivity index (χ1v) is 5.60. The number of urea groups is 1. The first-order valence-electron chi connectivity index (χ1n) is 5.60. The molecule has 0 bridgehead atoms. The van der Waals surface area contributed by atoms with Gasteiger partial charge in [-0.15, -0.1) is 12.4 Å². The van der Waals surface area contributed by atoms with E-state index in [2.05, 4.69) is 10.6 Å². The van der Waals surface area contributed by atoms with E-state index in [1.165, 1.54) is 19.3 Å². The van der Waals surface area contributed by atoms with Gasteiger partial charge >= 0.3 is 6.03 Å². The third-order valence-corrected chi connectivity index (χ3v) is 3.21. The fraction of sp³-hybridized carbons (Fsp3) is 0.900. The van der Waals surface area contributed by atoms with Crippen molar-refractivity contribution in [3.05, 3.63) is 0 Å². The normalized spacial score (nSPS) is 22.4. The second-order valence-corrected chi connectivity index (χ2v) is 4.20. The lowest BCUT2D eigenvalue weighted by Crippen LogP contribution is -2.33. The average Bonchev–Trinajstić information content (AvgIpc) is 2.63. The highest BCUT2D eigenvalue weighted by atomic mass is 35.5. The number of carbonyl (C=O) groups is 1. The molecule has 2 rings (SSSR count). The summed E-state index contributed by atoms with van der Waals surface area (Å²) in [6.45, 7) is 4.96. The Morgan fingerprint density at radius 3 is 2.60 bits per heavy atom. The van der Waals surface area contributed by atoms with Gasteiger partial charge in [0.15, 0.2) is 0 Å². The minimum atomic E-state index is 0. The number of hydrogen-bond acceptors (Lipinski definition) is 2. The summed E-state index contributed by atoms with van der Waals surface area (Å²) in [6.07, 6.45) is 3.72. The molecule has 0 aromatic heterocycles. The molecule has 2 aliphatic heterocycles. The van der Waals surface area contributed by atoms with E-state index < -0.39 is 0 Å². The summed E-state index contributed by atoms with van der Waals surface area (Å²) in [5.41, 5.74) is 0. The molecule has 0 radical (unpaired) electrons. The van der Waals surface area contributed by atoms with Gasteiger partial charge in [0.25, 0.3) is 0 Å². The predicted octanol–water partition coefficient (Wildman–Crippen LogP) is 0.823. The summed E-state index contributed by atoms with van der Waals surface area (Å²) < 4.78 is 0. The lowest BCUT2D eigenvalue weighted by Gasteiger charge is -2.24. The molecule has 2 fully saturated rings. The van der Waals surface area contributed by atoms with E-state index in [1.54, 1.807) is 0 Å². The third kappa shape index (κ3) is 3.54. The van der Waals surface area contributed by atoms with Crippen LogP contribution in [0.1, 0.15) is 19.3 Å². The molecule has 2 saturated heterocycles. The number of nitrogens with one attached hydrogen (secondary N) is 2. The van der Waals surface area contributed by atoms with Crippen LogP contribution in [0.15, 0.2) is 0 Å².